The molecule has 5 heteroatoms. The zero-order valence-corrected chi connectivity index (χ0v) is 12.5. The minimum Gasteiger partial charge on any atom is -0.466 e. The van der Waals surface area contributed by atoms with Crippen molar-refractivity contribution in [1.82, 2.24) is 0 Å². The van der Waals surface area contributed by atoms with E-state index in [0.717, 1.165) is 10.0 Å². The predicted octanol–water partition coefficient (Wildman–Crippen LogP) is 4.73. The Bertz CT molecular complexity index is 396. The van der Waals surface area contributed by atoms with Crippen LogP contribution in [0.4, 0.5) is 0 Å². The van der Waals surface area contributed by atoms with Gasteiger partial charge in [0.2, 0.25) is 0 Å². The van der Waals surface area contributed by atoms with Gasteiger partial charge in [-0.25, -0.2) is 0 Å². The summed E-state index contributed by atoms with van der Waals surface area (Å²) in [5.41, 5.74) is 0.826. The normalized spacial score (nSPS) is 12.2. The molecule has 0 amide bonds. The first-order chi connectivity index (χ1) is 8.04. The number of benzene rings is 1. The minimum absolute atomic E-state index is 0.232. The summed E-state index contributed by atoms with van der Waals surface area (Å²) in [5.74, 6) is -0.232. The fourth-order valence-electron chi connectivity index (χ4n) is 1.39. The SMILES string of the molecule is CCOC(=O)CCC(Cl)c1cc(Br)ccc1Cl. The Morgan fingerprint density at radius 1 is 1.53 bits per heavy atom. The highest BCUT2D eigenvalue weighted by Crippen LogP contribution is 2.33. The van der Waals surface area contributed by atoms with Crippen LogP contribution in [0.25, 0.3) is 0 Å². The second-order valence-electron chi connectivity index (χ2n) is 3.48. The summed E-state index contributed by atoms with van der Waals surface area (Å²) in [6, 6.07) is 5.49. The maximum absolute atomic E-state index is 11.2. The summed E-state index contributed by atoms with van der Waals surface area (Å²) >= 11 is 15.6. The van der Waals surface area contributed by atoms with Crippen molar-refractivity contribution in [2.75, 3.05) is 6.61 Å². The zero-order chi connectivity index (χ0) is 12.8. The van der Waals surface area contributed by atoms with Crippen LogP contribution in [0.5, 0.6) is 0 Å². The largest absolute Gasteiger partial charge is 0.466 e. The Hall–Kier alpha value is -0.250. The molecule has 0 fully saturated rings. The van der Waals surface area contributed by atoms with Gasteiger partial charge in [0.1, 0.15) is 0 Å². The number of esters is 1. The standard InChI is InChI=1S/C12H13BrCl2O2/c1-2-17-12(16)6-5-11(15)9-7-8(13)3-4-10(9)14/h3-4,7,11H,2,5-6H2,1H3. The van der Waals surface area contributed by atoms with Crippen LogP contribution >= 0.6 is 39.1 Å². The van der Waals surface area contributed by atoms with E-state index in [1.54, 1.807) is 13.0 Å². The van der Waals surface area contributed by atoms with Crippen LogP contribution < -0.4 is 0 Å². The number of carbonyl (C=O) groups excluding carboxylic acids is 1. The van der Waals surface area contributed by atoms with E-state index in [-0.39, 0.29) is 11.3 Å². The lowest BCUT2D eigenvalue weighted by Crippen LogP contribution is -2.05. The molecule has 1 unspecified atom stereocenters. The third-order valence-corrected chi connectivity index (χ3v) is 3.49. The average Bonchev–Trinajstić information content (AvgIpc) is 2.29. The Morgan fingerprint density at radius 3 is 2.88 bits per heavy atom. The molecule has 0 aromatic heterocycles. The van der Waals surface area contributed by atoms with Crippen molar-refractivity contribution in [3.63, 3.8) is 0 Å². The number of ether oxygens (including phenoxy) is 1. The first kappa shape index (κ1) is 14.8. The predicted molar refractivity (Wildman–Crippen MR) is 73.6 cm³/mol. The van der Waals surface area contributed by atoms with E-state index in [1.807, 2.05) is 12.1 Å². The van der Waals surface area contributed by atoms with Crippen LogP contribution in [0.15, 0.2) is 22.7 Å². The smallest absolute Gasteiger partial charge is 0.305 e. The van der Waals surface area contributed by atoms with Crippen LogP contribution in [0.1, 0.15) is 30.7 Å². The molecule has 0 saturated heterocycles. The van der Waals surface area contributed by atoms with Gasteiger partial charge >= 0.3 is 5.97 Å². The Labute approximate surface area is 119 Å². The van der Waals surface area contributed by atoms with Crippen molar-refractivity contribution in [2.45, 2.75) is 25.1 Å². The lowest BCUT2D eigenvalue weighted by Gasteiger charge is -2.11. The fraction of sp³-hybridized carbons (Fsp3) is 0.417. The van der Waals surface area contributed by atoms with Crippen molar-refractivity contribution in [1.29, 1.82) is 0 Å². The second-order valence-corrected chi connectivity index (χ2v) is 5.33. The molecule has 0 N–H and O–H groups in total. The van der Waals surface area contributed by atoms with Gasteiger partial charge in [-0.3, -0.25) is 4.79 Å². The maximum atomic E-state index is 11.2. The van der Waals surface area contributed by atoms with Crippen molar-refractivity contribution in [3.8, 4) is 0 Å². The quantitative estimate of drug-likeness (QED) is 0.572. The number of hydrogen-bond acceptors (Lipinski definition) is 2. The van der Waals surface area contributed by atoms with Crippen molar-refractivity contribution in [2.24, 2.45) is 0 Å². The summed E-state index contributed by atoms with van der Waals surface area (Å²) < 4.78 is 5.76. The molecule has 0 saturated carbocycles. The summed E-state index contributed by atoms with van der Waals surface area (Å²) in [6.45, 7) is 2.17. The minimum atomic E-state index is -0.288. The van der Waals surface area contributed by atoms with Gasteiger partial charge in [-0.2, -0.15) is 0 Å². The second kappa shape index (κ2) is 7.24. The van der Waals surface area contributed by atoms with Crippen molar-refractivity contribution < 1.29 is 9.53 Å². The van der Waals surface area contributed by atoms with Crippen LogP contribution in [-0.4, -0.2) is 12.6 Å². The van der Waals surface area contributed by atoms with Gasteiger partial charge in [-0.1, -0.05) is 27.5 Å². The van der Waals surface area contributed by atoms with Crippen molar-refractivity contribution >= 4 is 45.1 Å². The third-order valence-electron chi connectivity index (χ3n) is 2.20. The molecule has 0 aliphatic rings. The maximum Gasteiger partial charge on any atom is 0.305 e. The monoisotopic (exact) mass is 338 g/mol. The topological polar surface area (TPSA) is 26.3 Å². The van der Waals surface area contributed by atoms with E-state index >= 15 is 0 Å². The highest BCUT2D eigenvalue weighted by atomic mass is 79.9. The molecule has 94 valence electrons. The molecule has 17 heavy (non-hydrogen) atoms. The summed E-state index contributed by atoms with van der Waals surface area (Å²) in [5, 5.41) is 0.321. The zero-order valence-electron chi connectivity index (χ0n) is 9.38. The molecule has 0 bridgehead atoms. The highest BCUT2D eigenvalue weighted by molar-refractivity contribution is 9.10. The van der Waals surface area contributed by atoms with E-state index < -0.39 is 0 Å². The molecule has 1 aromatic rings. The van der Waals surface area contributed by atoms with Gasteiger partial charge in [0.15, 0.2) is 0 Å². The molecule has 1 aromatic carbocycles. The number of alkyl halides is 1. The lowest BCUT2D eigenvalue weighted by atomic mass is 10.1. The molecule has 0 aliphatic heterocycles. The molecule has 2 nitrogen and oxygen atoms in total. The number of hydrogen-bond donors (Lipinski definition) is 0. The Kier molecular flexibility index (Phi) is 6.31. The lowest BCUT2D eigenvalue weighted by molar-refractivity contribution is -0.143. The van der Waals surface area contributed by atoms with Gasteiger partial charge in [-0.05, 0) is 37.1 Å². The van der Waals surface area contributed by atoms with Crippen LogP contribution in [0.3, 0.4) is 0 Å². The van der Waals surface area contributed by atoms with E-state index in [4.69, 9.17) is 27.9 Å². The van der Waals surface area contributed by atoms with Crippen LogP contribution in [0, 0.1) is 0 Å². The highest BCUT2D eigenvalue weighted by Gasteiger charge is 2.14. The number of carbonyl (C=O) groups is 1. The third kappa shape index (κ3) is 4.86. The van der Waals surface area contributed by atoms with Gasteiger partial charge in [0, 0.05) is 15.9 Å². The van der Waals surface area contributed by atoms with Gasteiger partial charge in [0.25, 0.3) is 0 Å². The number of rotatable bonds is 5. The fourth-order valence-corrected chi connectivity index (χ4v) is 2.36. The molecule has 0 spiro atoms. The van der Waals surface area contributed by atoms with Gasteiger partial charge < -0.3 is 4.74 Å². The van der Waals surface area contributed by atoms with E-state index in [2.05, 4.69) is 15.9 Å². The number of halogens is 3. The van der Waals surface area contributed by atoms with Gasteiger partial charge in [-0.15, -0.1) is 11.6 Å². The molecular formula is C12H13BrCl2O2. The molecule has 1 atom stereocenters. The van der Waals surface area contributed by atoms with E-state index in [1.165, 1.54) is 0 Å². The summed E-state index contributed by atoms with van der Waals surface area (Å²) in [7, 11) is 0. The van der Waals surface area contributed by atoms with Gasteiger partial charge in [0.05, 0.1) is 12.0 Å². The Morgan fingerprint density at radius 2 is 2.24 bits per heavy atom. The average molecular weight is 340 g/mol. The molecule has 0 radical (unpaired) electrons. The Balaban J connectivity index is 2.60. The van der Waals surface area contributed by atoms with E-state index in [9.17, 15) is 4.79 Å². The first-order valence-electron chi connectivity index (χ1n) is 5.29. The molecule has 1 rings (SSSR count). The molecule has 0 heterocycles. The first-order valence-corrected chi connectivity index (χ1v) is 6.90. The van der Waals surface area contributed by atoms with Crippen LogP contribution in [-0.2, 0) is 9.53 Å². The molecular weight excluding hydrogens is 327 g/mol. The summed E-state index contributed by atoms with van der Waals surface area (Å²) in [4.78, 5) is 11.2. The van der Waals surface area contributed by atoms with Crippen LogP contribution in [0.2, 0.25) is 5.02 Å². The van der Waals surface area contributed by atoms with E-state index in [0.29, 0.717) is 24.5 Å². The van der Waals surface area contributed by atoms with Crippen molar-refractivity contribution in [3.05, 3.63) is 33.3 Å². The molecule has 0 aliphatic carbocycles. The summed E-state index contributed by atoms with van der Waals surface area (Å²) in [6.07, 6.45) is 0.807.